The molecule has 2 amide bonds. The molecular formula is C12H13NO3. The van der Waals surface area contributed by atoms with Gasteiger partial charge in [0.2, 0.25) is 0 Å². The van der Waals surface area contributed by atoms with Gasteiger partial charge in [0.15, 0.2) is 0 Å². The highest BCUT2D eigenvalue weighted by molar-refractivity contribution is 6.21. The van der Waals surface area contributed by atoms with Gasteiger partial charge in [0.05, 0.1) is 11.1 Å². The third-order valence-electron chi connectivity index (χ3n) is 1.98. The predicted octanol–water partition coefficient (Wildman–Crippen LogP) is 1.13. The Balaban J connectivity index is 0.000000221. The number of imide groups is 1. The molecule has 1 aliphatic rings. The minimum absolute atomic E-state index is 0.226. The van der Waals surface area contributed by atoms with Crippen LogP contribution in [0.2, 0.25) is 0 Å². The topological polar surface area (TPSA) is 66.4 Å². The average molecular weight is 219 g/mol. The Bertz CT molecular complexity index is 379. The smallest absolute Gasteiger partial charge is 0.258 e. The summed E-state index contributed by atoms with van der Waals surface area (Å²) in [6, 6.07) is 6.74. The Morgan fingerprint density at radius 1 is 1.19 bits per heavy atom. The van der Waals surface area contributed by atoms with Gasteiger partial charge < -0.3 is 5.11 Å². The molecule has 2 N–H and O–H groups in total. The normalized spacial score (nSPS) is 12.3. The van der Waals surface area contributed by atoms with Gasteiger partial charge in [0, 0.05) is 6.61 Å². The summed E-state index contributed by atoms with van der Waals surface area (Å²) in [6.07, 6.45) is 2.39. The maximum Gasteiger partial charge on any atom is 0.258 e. The van der Waals surface area contributed by atoms with Crippen LogP contribution in [0.3, 0.4) is 0 Å². The number of hydrogen-bond donors (Lipinski definition) is 2. The number of amides is 2. The van der Waals surface area contributed by atoms with Gasteiger partial charge in [-0.25, -0.2) is 0 Å². The summed E-state index contributed by atoms with van der Waals surface area (Å²) in [7, 11) is 0. The van der Waals surface area contributed by atoms with E-state index < -0.39 is 0 Å². The molecule has 0 saturated carbocycles. The van der Waals surface area contributed by atoms with E-state index >= 15 is 0 Å². The van der Waals surface area contributed by atoms with Crippen molar-refractivity contribution in [2.75, 3.05) is 6.61 Å². The van der Waals surface area contributed by atoms with Crippen molar-refractivity contribution in [1.82, 2.24) is 5.32 Å². The van der Waals surface area contributed by atoms with Crippen molar-refractivity contribution in [1.29, 1.82) is 0 Å². The molecule has 84 valence electrons. The summed E-state index contributed by atoms with van der Waals surface area (Å²) >= 11 is 0. The van der Waals surface area contributed by atoms with Gasteiger partial charge in [-0.2, -0.15) is 0 Å². The predicted molar refractivity (Wildman–Crippen MR) is 60.1 cm³/mol. The lowest BCUT2D eigenvalue weighted by molar-refractivity contribution is 0.0879. The maximum atomic E-state index is 10.9. The quantitative estimate of drug-likeness (QED) is 0.578. The Hall–Kier alpha value is -1.94. The molecule has 0 aromatic heterocycles. The summed E-state index contributed by atoms with van der Waals surface area (Å²) in [5.41, 5.74) is 0.940. The van der Waals surface area contributed by atoms with Crippen LogP contribution in [-0.2, 0) is 0 Å². The molecule has 0 fully saturated rings. The van der Waals surface area contributed by atoms with Crippen LogP contribution < -0.4 is 5.32 Å². The molecule has 0 saturated heterocycles. The second kappa shape index (κ2) is 5.82. The highest BCUT2D eigenvalue weighted by Gasteiger charge is 2.25. The molecule has 0 bridgehead atoms. The highest BCUT2D eigenvalue weighted by Crippen LogP contribution is 2.13. The summed E-state index contributed by atoms with van der Waals surface area (Å²) < 4.78 is 0. The van der Waals surface area contributed by atoms with Crippen LogP contribution in [0, 0.1) is 0 Å². The molecule has 1 aliphatic heterocycles. The third kappa shape index (κ3) is 2.77. The zero-order valence-electron chi connectivity index (χ0n) is 8.77. The molecule has 4 heteroatoms. The van der Waals surface area contributed by atoms with E-state index in [1.165, 1.54) is 0 Å². The van der Waals surface area contributed by atoms with Crippen LogP contribution in [0.1, 0.15) is 27.1 Å². The zero-order valence-corrected chi connectivity index (χ0v) is 8.77. The second-order valence-electron chi connectivity index (χ2n) is 3.13. The van der Waals surface area contributed by atoms with Gasteiger partial charge in [-0.1, -0.05) is 18.2 Å². The SMILES string of the molecule is C=CCCO.O=C1NC(=O)c2ccccc21. The average Bonchev–Trinajstić information content (AvgIpc) is 2.58. The molecule has 2 rings (SSSR count). The molecule has 1 aromatic carbocycles. The molecule has 0 atom stereocenters. The first kappa shape index (κ1) is 12.1. The number of aliphatic hydroxyl groups excluding tert-OH is 1. The van der Waals surface area contributed by atoms with E-state index in [4.69, 9.17) is 5.11 Å². The zero-order chi connectivity index (χ0) is 12.0. The van der Waals surface area contributed by atoms with Crippen molar-refractivity contribution in [3.05, 3.63) is 48.0 Å². The lowest BCUT2D eigenvalue weighted by atomic mass is 10.1. The lowest BCUT2D eigenvalue weighted by Gasteiger charge is -1.88. The molecule has 0 spiro atoms. The molecule has 1 heterocycles. The summed E-state index contributed by atoms with van der Waals surface area (Å²) in [5.74, 6) is -0.601. The summed E-state index contributed by atoms with van der Waals surface area (Å²) in [6.45, 7) is 3.62. The monoisotopic (exact) mass is 219 g/mol. The van der Waals surface area contributed by atoms with Crippen molar-refractivity contribution in [2.24, 2.45) is 0 Å². The number of aliphatic hydroxyl groups is 1. The van der Waals surface area contributed by atoms with E-state index in [1.54, 1.807) is 30.3 Å². The summed E-state index contributed by atoms with van der Waals surface area (Å²) in [4.78, 5) is 21.9. The van der Waals surface area contributed by atoms with Crippen LogP contribution in [0.15, 0.2) is 36.9 Å². The van der Waals surface area contributed by atoms with Crippen molar-refractivity contribution in [3.63, 3.8) is 0 Å². The fourth-order valence-electron chi connectivity index (χ4n) is 1.21. The molecular weight excluding hydrogens is 206 g/mol. The van der Waals surface area contributed by atoms with E-state index in [-0.39, 0.29) is 18.4 Å². The first-order valence-corrected chi connectivity index (χ1v) is 4.87. The van der Waals surface area contributed by atoms with Crippen molar-refractivity contribution in [2.45, 2.75) is 6.42 Å². The van der Waals surface area contributed by atoms with Gasteiger partial charge >= 0.3 is 0 Å². The van der Waals surface area contributed by atoms with Gasteiger partial charge in [-0.3, -0.25) is 14.9 Å². The molecule has 4 nitrogen and oxygen atoms in total. The number of hydrogen-bond acceptors (Lipinski definition) is 3. The Labute approximate surface area is 93.6 Å². The standard InChI is InChI=1S/C8H5NO2.C4H8O/c10-7-5-3-1-2-4-6(5)8(11)9-7;1-2-3-4-5/h1-4H,(H,9,10,11);2,5H,1,3-4H2. The van der Waals surface area contributed by atoms with E-state index in [1.807, 2.05) is 0 Å². The van der Waals surface area contributed by atoms with Crippen LogP contribution in [-0.4, -0.2) is 23.5 Å². The Kier molecular flexibility index (Phi) is 4.42. The fourth-order valence-corrected chi connectivity index (χ4v) is 1.21. The minimum Gasteiger partial charge on any atom is -0.396 e. The number of rotatable bonds is 2. The van der Waals surface area contributed by atoms with E-state index in [0.717, 1.165) is 0 Å². The van der Waals surface area contributed by atoms with Gasteiger partial charge in [0.1, 0.15) is 0 Å². The van der Waals surface area contributed by atoms with Crippen LogP contribution in [0.5, 0.6) is 0 Å². The van der Waals surface area contributed by atoms with Crippen LogP contribution >= 0.6 is 0 Å². The number of benzene rings is 1. The summed E-state index contributed by atoms with van der Waals surface area (Å²) in [5, 5.41) is 10.2. The molecule has 0 radical (unpaired) electrons. The first-order chi connectivity index (χ1) is 7.70. The van der Waals surface area contributed by atoms with Crippen LogP contribution in [0.4, 0.5) is 0 Å². The number of carbonyl (C=O) groups is 2. The maximum absolute atomic E-state index is 10.9. The number of carbonyl (C=O) groups excluding carboxylic acids is 2. The van der Waals surface area contributed by atoms with Crippen molar-refractivity contribution >= 4 is 11.8 Å². The molecule has 16 heavy (non-hydrogen) atoms. The van der Waals surface area contributed by atoms with Gasteiger partial charge in [0.25, 0.3) is 11.8 Å². The Morgan fingerprint density at radius 2 is 1.69 bits per heavy atom. The number of fused-ring (bicyclic) bond motifs is 1. The van der Waals surface area contributed by atoms with Gasteiger partial charge in [-0.05, 0) is 18.6 Å². The first-order valence-electron chi connectivity index (χ1n) is 4.87. The van der Waals surface area contributed by atoms with Crippen LogP contribution in [0.25, 0.3) is 0 Å². The molecule has 0 unspecified atom stereocenters. The van der Waals surface area contributed by atoms with E-state index in [2.05, 4.69) is 11.9 Å². The molecule has 1 aromatic rings. The fraction of sp³-hybridized carbons (Fsp3) is 0.167. The molecule has 0 aliphatic carbocycles. The van der Waals surface area contributed by atoms with Crippen molar-refractivity contribution in [3.8, 4) is 0 Å². The largest absolute Gasteiger partial charge is 0.396 e. The van der Waals surface area contributed by atoms with Gasteiger partial charge in [-0.15, -0.1) is 6.58 Å². The lowest BCUT2D eigenvalue weighted by Crippen LogP contribution is -2.19. The van der Waals surface area contributed by atoms with Crippen molar-refractivity contribution < 1.29 is 14.7 Å². The van der Waals surface area contributed by atoms with E-state index in [9.17, 15) is 9.59 Å². The third-order valence-corrected chi connectivity index (χ3v) is 1.98. The minimum atomic E-state index is -0.300. The van der Waals surface area contributed by atoms with E-state index in [0.29, 0.717) is 17.5 Å². The highest BCUT2D eigenvalue weighted by atomic mass is 16.2. The Morgan fingerprint density at radius 3 is 2.00 bits per heavy atom. The number of nitrogens with one attached hydrogen (secondary N) is 1. The second-order valence-corrected chi connectivity index (χ2v) is 3.13.